The van der Waals surface area contributed by atoms with Crippen molar-refractivity contribution in [1.82, 2.24) is 5.12 Å². The monoisotopic (exact) mass is 667 g/mol. The summed E-state index contributed by atoms with van der Waals surface area (Å²) in [6, 6.07) is 12.0. The van der Waals surface area contributed by atoms with E-state index in [1.165, 1.54) is 24.3 Å². The second-order valence-corrected chi connectivity index (χ2v) is 8.89. The number of benzene rings is 2. The molecule has 6 nitrogen and oxygen atoms in total. The summed E-state index contributed by atoms with van der Waals surface area (Å²) in [5.74, 6) is -21.6. The molecule has 0 spiro atoms. The quantitative estimate of drug-likeness (QED) is 0.136. The van der Waals surface area contributed by atoms with Crippen molar-refractivity contribution in [2.75, 3.05) is 6.61 Å². The van der Waals surface area contributed by atoms with Gasteiger partial charge in [0, 0.05) is 5.92 Å². The molecule has 0 radical (unpaired) electrons. The molecule has 1 N–H and O–H groups in total. The number of carbonyl (C=O) groups is 2. The van der Waals surface area contributed by atoms with Gasteiger partial charge in [0.15, 0.2) is 0 Å². The van der Waals surface area contributed by atoms with E-state index in [1.54, 1.807) is 24.3 Å². The van der Waals surface area contributed by atoms with E-state index >= 15 is 0 Å². The number of carboxylic acid groups (broad SMARTS) is 1. The summed E-state index contributed by atoms with van der Waals surface area (Å²) < 4.78 is 212. The zero-order valence-electron chi connectivity index (χ0n) is 20.6. The third-order valence-corrected chi connectivity index (χ3v) is 6.40. The van der Waals surface area contributed by atoms with Crippen LogP contribution in [0.15, 0.2) is 48.5 Å². The van der Waals surface area contributed by atoms with E-state index in [4.69, 9.17) is 5.11 Å². The molecule has 0 fully saturated rings. The molecule has 0 unspecified atom stereocenters. The molecule has 0 saturated heterocycles. The van der Waals surface area contributed by atoms with Crippen LogP contribution in [-0.4, -0.2) is 70.9 Å². The van der Waals surface area contributed by atoms with Gasteiger partial charge < -0.3 is 14.6 Å². The number of carboxylic acids is 1. The number of aliphatic carboxylic acids is 1. The van der Waals surface area contributed by atoms with Crippen LogP contribution < -0.4 is 0 Å². The van der Waals surface area contributed by atoms with Crippen LogP contribution in [0.4, 0.5) is 70.7 Å². The number of hydrogen-bond acceptors (Lipinski definition) is 5. The summed E-state index contributed by atoms with van der Waals surface area (Å²) in [5, 5.41) is 3.89. The Morgan fingerprint density at radius 1 is 0.705 bits per heavy atom. The van der Waals surface area contributed by atoms with Gasteiger partial charge in [0.05, 0.1) is 0 Å². The van der Waals surface area contributed by atoms with E-state index in [2.05, 4.69) is 9.47 Å². The van der Waals surface area contributed by atoms with Crippen molar-refractivity contribution in [2.45, 2.75) is 47.8 Å². The summed E-state index contributed by atoms with van der Waals surface area (Å²) in [4.78, 5) is 22.9. The molecule has 0 bridgehead atoms. The van der Waals surface area contributed by atoms with Gasteiger partial charge in [-0.15, -0.1) is 4.48 Å². The highest BCUT2D eigenvalue weighted by atomic mass is 19.4. The highest BCUT2D eigenvalue weighted by Gasteiger charge is 2.94. The van der Waals surface area contributed by atoms with Gasteiger partial charge in [0.2, 0.25) is 0 Å². The first kappa shape index (κ1) is 34.6. The molecule has 244 valence electrons. The second-order valence-electron chi connectivity index (χ2n) is 8.89. The number of nitrogens with zero attached hydrogens (tertiary/aromatic N) is 1. The number of rotatable bonds is 8. The first-order chi connectivity index (χ1) is 19.8. The van der Waals surface area contributed by atoms with Gasteiger partial charge >= 0.3 is 54.0 Å². The number of hydrogen-bond donors (Lipinski definition) is 1. The maximum Gasteiger partial charge on any atom is 0.513 e. The Labute approximate surface area is 233 Å². The molecular formula is C23H12F15NO5. The normalized spacial score (nSPS) is 16.3. The molecule has 0 aromatic heterocycles. The van der Waals surface area contributed by atoms with Crippen LogP contribution in [-0.2, 0) is 14.3 Å². The zero-order chi connectivity index (χ0) is 33.9. The van der Waals surface area contributed by atoms with Crippen molar-refractivity contribution in [2.24, 2.45) is 0 Å². The molecule has 0 aliphatic heterocycles. The van der Waals surface area contributed by atoms with Gasteiger partial charge in [-0.05, 0) is 22.3 Å². The lowest BCUT2D eigenvalue weighted by atomic mass is 9.91. The van der Waals surface area contributed by atoms with Crippen molar-refractivity contribution in [1.29, 1.82) is 0 Å². The molecule has 44 heavy (non-hydrogen) atoms. The fourth-order valence-corrected chi connectivity index (χ4v) is 4.37. The first-order valence-corrected chi connectivity index (χ1v) is 11.2. The van der Waals surface area contributed by atoms with Crippen LogP contribution in [0, 0.1) is 0 Å². The number of alkyl halides is 14. The standard InChI is InChI=1S/C23H12F15NO5/c24-17(15(40)41,39(38)18(20(27,28)29,21(30,31)32)22(33,34)35)19(25,26)23(36,37)44-16(42)43-9-14-12-7-3-1-5-10(12)11-6-2-4-8-13(11)14/h1-8,14H,9H2,(H,40,41)/t17-/m1/s1. The molecular weight excluding hydrogens is 655 g/mol. The summed E-state index contributed by atoms with van der Waals surface area (Å²) in [6.45, 7) is -1.07. The number of carbonyl (C=O) groups excluding carboxylic acids is 1. The lowest BCUT2D eigenvalue weighted by Crippen LogP contribution is -2.81. The van der Waals surface area contributed by atoms with Gasteiger partial charge in [-0.25, -0.2) is 14.0 Å². The molecule has 1 atom stereocenters. The Kier molecular flexibility index (Phi) is 8.34. The number of ether oxygens (including phenoxy) is 2. The molecule has 2 aromatic carbocycles. The summed E-state index contributed by atoms with van der Waals surface area (Å²) >= 11 is 0. The van der Waals surface area contributed by atoms with Crippen molar-refractivity contribution >= 4 is 12.1 Å². The predicted molar refractivity (Wildman–Crippen MR) is 111 cm³/mol. The fraction of sp³-hybridized carbons (Fsp3) is 0.391. The van der Waals surface area contributed by atoms with Crippen LogP contribution in [0.3, 0.4) is 0 Å². The van der Waals surface area contributed by atoms with Gasteiger partial charge in [-0.1, -0.05) is 53.7 Å². The molecule has 0 amide bonds. The fourth-order valence-electron chi connectivity index (χ4n) is 4.37. The molecule has 1 aliphatic carbocycles. The minimum absolute atomic E-state index is 0.350. The minimum Gasteiger partial charge on any atom is -0.478 e. The smallest absolute Gasteiger partial charge is 0.478 e. The van der Waals surface area contributed by atoms with E-state index in [9.17, 15) is 75.5 Å². The van der Waals surface area contributed by atoms with Gasteiger partial charge in [0.1, 0.15) is 6.61 Å². The van der Waals surface area contributed by atoms with Crippen LogP contribution in [0.5, 0.6) is 0 Å². The summed E-state index contributed by atoms with van der Waals surface area (Å²) in [5.41, 5.74) is -6.75. The highest BCUT2D eigenvalue weighted by Crippen LogP contribution is 2.61. The van der Waals surface area contributed by atoms with Crippen molar-refractivity contribution in [3.8, 4) is 11.1 Å². The Morgan fingerprint density at radius 2 is 1.09 bits per heavy atom. The Balaban J connectivity index is 1.98. The summed E-state index contributed by atoms with van der Waals surface area (Å²) in [6.07, 6.45) is -35.1. The maximum atomic E-state index is 14.9. The number of fused-ring (bicyclic) bond motifs is 3. The van der Waals surface area contributed by atoms with Crippen molar-refractivity contribution in [3.63, 3.8) is 0 Å². The van der Waals surface area contributed by atoms with E-state index in [0.717, 1.165) is 0 Å². The predicted octanol–water partition coefficient (Wildman–Crippen LogP) is 7.54. The van der Waals surface area contributed by atoms with Gasteiger partial charge in [-0.3, -0.25) is 0 Å². The Bertz CT molecular complexity index is 1340. The average Bonchev–Trinajstić information content (AvgIpc) is 3.17. The zero-order valence-corrected chi connectivity index (χ0v) is 20.6. The molecule has 0 heterocycles. The topological polar surface area (TPSA) is 76.1 Å². The van der Waals surface area contributed by atoms with Crippen LogP contribution in [0.2, 0.25) is 0 Å². The van der Waals surface area contributed by atoms with E-state index in [1.807, 2.05) is 0 Å². The molecule has 1 aliphatic rings. The molecule has 21 heteroatoms. The second kappa shape index (κ2) is 10.6. The summed E-state index contributed by atoms with van der Waals surface area (Å²) in [7, 11) is 0. The third-order valence-electron chi connectivity index (χ3n) is 6.40. The molecule has 3 rings (SSSR count). The van der Waals surface area contributed by atoms with E-state index in [0.29, 0.717) is 22.3 Å². The Hall–Kier alpha value is -3.91. The van der Waals surface area contributed by atoms with E-state index < -0.39 is 71.7 Å². The van der Waals surface area contributed by atoms with Crippen LogP contribution >= 0.6 is 0 Å². The minimum atomic E-state index is -8.47. The third kappa shape index (κ3) is 4.93. The van der Waals surface area contributed by atoms with Gasteiger partial charge in [-0.2, -0.15) is 57.1 Å². The molecule has 2 aromatic rings. The van der Waals surface area contributed by atoms with Crippen LogP contribution in [0.25, 0.3) is 11.1 Å². The largest absolute Gasteiger partial charge is 0.513 e. The lowest BCUT2D eigenvalue weighted by Gasteiger charge is -2.46. The van der Waals surface area contributed by atoms with Crippen molar-refractivity contribution < 1.29 is 90.1 Å². The van der Waals surface area contributed by atoms with Crippen LogP contribution in [0.1, 0.15) is 17.0 Å². The van der Waals surface area contributed by atoms with Gasteiger partial charge in [0.25, 0.3) is 0 Å². The lowest BCUT2D eigenvalue weighted by molar-refractivity contribution is -0.487. The van der Waals surface area contributed by atoms with Crippen molar-refractivity contribution in [3.05, 3.63) is 59.7 Å². The van der Waals surface area contributed by atoms with E-state index in [-0.39, 0.29) is 0 Å². The molecule has 0 saturated carbocycles. The average molecular weight is 667 g/mol. The Morgan fingerprint density at radius 3 is 1.45 bits per heavy atom. The maximum absolute atomic E-state index is 14.9. The first-order valence-electron chi connectivity index (χ1n) is 11.2. The highest BCUT2D eigenvalue weighted by molar-refractivity contribution is 5.79. The number of halogens is 15. The SMILES string of the molecule is O=C(OCC1c2ccccc2-c2ccccc21)OC(F)(F)C(F)(F)[C@@](F)(C(=O)O)N(F)C(C(F)(F)F)(C(F)(F)F)C(F)(F)F.